The molecule has 2 heterocycles. The lowest BCUT2D eigenvalue weighted by Gasteiger charge is -2.19. The van der Waals surface area contributed by atoms with Crippen LogP contribution in [-0.2, 0) is 41.5 Å². The monoisotopic (exact) mass is 476 g/mol. The van der Waals surface area contributed by atoms with Crippen LogP contribution in [0, 0.1) is 17.8 Å². The van der Waals surface area contributed by atoms with Crippen LogP contribution in [0.2, 0.25) is 0 Å². The summed E-state index contributed by atoms with van der Waals surface area (Å²) in [7, 11) is 1.29. The van der Waals surface area contributed by atoms with E-state index in [9.17, 15) is 24.0 Å². The molecule has 0 bridgehead atoms. The van der Waals surface area contributed by atoms with Crippen LogP contribution in [0.4, 0.5) is 5.00 Å². The lowest BCUT2D eigenvalue weighted by Crippen LogP contribution is -2.37. The number of hydrogen-bond donors (Lipinski definition) is 1. The fourth-order valence-corrected chi connectivity index (χ4v) is 6.44. The van der Waals surface area contributed by atoms with Crippen LogP contribution < -0.4 is 5.32 Å². The number of imide groups is 1. The quantitative estimate of drug-likeness (QED) is 0.494. The van der Waals surface area contributed by atoms with E-state index in [2.05, 4.69) is 12.2 Å². The van der Waals surface area contributed by atoms with Gasteiger partial charge < -0.3 is 14.8 Å². The van der Waals surface area contributed by atoms with Gasteiger partial charge >= 0.3 is 11.9 Å². The number of fused-ring (bicyclic) bond motifs is 2. The zero-order valence-electron chi connectivity index (χ0n) is 18.8. The number of rotatable bonds is 6. The van der Waals surface area contributed by atoms with E-state index in [1.54, 1.807) is 0 Å². The molecule has 9 nitrogen and oxygen atoms in total. The van der Waals surface area contributed by atoms with E-state index < -0.39 is 31.0 Å². The van der Waals surface area contributed by atoms with Gasteiger partial charge in [-0.05, 0) is 43.6 Å². The van der Waals surface area contributed by atoms with E-state index in [0.29, 0.717) is 29.3 Å². The van der Waals surface area contributed by atoms with Crippen LogP contribution in [0.5, 0.6) is 0 Å². The first kappa shape index (κ1) is 23.4. The number of carbonyl (C=O) groups excluding carboxylic acids is 5. The van der Waals surface area contributed by atoms with Crippen LogP contribution in [0.25, 0.3) is 0 Å². The summed E-state index contributed by atoms with van der Waals surface area (Å²) in [5.74, 6) is -2.78. The van der Waals surface area contributed by atoms with E-state index in [1.807, 2.05) is 0 Å². The number of amides is 3. The van der Waals surface area contributed by atoms with Crippen molar-refractivity contribution in [2.24, 2.45) is 17.8 Å². The molecule has 1 aromatic heterocycles. The Labute approximate surface area is 195 Å². The van der Waals surface area contributed by atoms with Gasteiger partial charge in [-0.25, -0.2) is 4.79 Å². The Balaban J connectivity index is 1.35. The smallest absolute Gasteiger partial charge is 0.341 e. The van der Waals surface area contributed by atoms with Crippen molar-refractivity contribution in [1.82, 2.24) is 4.90 Å². The average Bonchev–Trinajstić information content (AvgIpc) is 3.27. The number of methoxy groups -OCH3 is 1. The molecule has 178 valence electrons. The molecule has 0 radical (unpaired) electrons. The maximum atomic E-state index is 12.5. The molecule has 1 N–H and O–H groups in total. The summed E-state index contributed by atoms with van der Waals surface area (Å²) in [5.41, 5.74) is 1.27. The largest absolute Gasteiger partial charge is 0.465 e. The third kappa shape index (κ3) is 4.66. The fourth-order valence-electron chi connectivity index (χ4n) is 5.03. The van der Waals surface area contributed by atoms with Crippen molar-refractivity contribution in [2.45, 2.75) is 51.9 Å². The third-order valence-corrected chi connectivity index (χ3v) is 7.91. The summed E-state index contributed by atoms with van der Waals surface area (Å²) in [6, 6.07) is 0. The fraction of sp³-hybridized carbons (Fsp3) is 0.609. The van der Waals surface area contributed by atoms with Gasteiger partial charge in [-0.3, -0.25) is 24.1 Å². The maximum absolute atomic E-state index is 12.5. The number of carbonyl (C=O) groups is 5. The van der Waals surface area contributed by atoms with Crippen molar-refractivity contribution in [1.29, 1.82) is 0 Å². The normalized spacial score (nSPS) is 24.2. The Morgan fingerprint density at radius 2 is 1.76 bits per heavy atom. The first-order valence-corrected chi connectivity index (χ1v) is 12.1. The van der Waals surface area contributed by atoms with Crippen molar-refractivity contribution in [3.05, 3.63) is 16.0 Å². The first-order valence-electron chi connectivity index (χ1n) is 11.3. The highest BCUT2D eigenvalue weighted by molar-refractivity contribution is 7.17. The highest BCUT2D eigenvalue weighted by Gasteiger charge is 2.48. The van der Waals surface area contributed by atoms with Crippen molar-refractivity contribution in [3.63, 3.8) is 0 Å². The number of anilines is 1. The van der Waals surface area contributed by atoms with Crippen LogP contribution in [0.1, 0.15) is 59.8 Å². The van der Waals surface area contributed by atoms with Crippen molar-refractivity contribution in [3.8, 4) is 0 Å². The molecule has 3 amide bonds. The van der Waals surface area contributed by atoms with Crippen LogP contribution in [0.15, 0.2) is 0 Å². The summed E-state index contributed by atoms with van der Waals surface area (Å²) in [6.45, 7) is 1.07. The number of nitrogens with zero attached hydrogens (tertiary/aromatic N) is 1. The van der Waals surface area contributed by atoms with Gasteiger partial charge in [-0.2, -0.15) is 0 Å². The topological polar surface area (TPSA) is 119 Å². The van der Waals surface area contributed by atoms with E-state index in [1.165, 1.54) is 18.4 Å². The van der Waals surface area contributed by atoms with Gasteiger partial charge in [0.2, 0.25) is 11.8 Å². The van der Waals surface area contributed by atoms with E-state index in [0.717, 1.165) is 47.4 Å². The number of likely N-dealkylation sites (tertiary alicyclic amines) is 1. The highest BCUT2D eigenvalue weighted by Crippen LogP contribution is 2.40. The molecule has 1 saturated heterocycles. The summed E-state index contributed by atoms with van der Waals surface area (Å²) >= 11 is 1.34. The molecular formula is C23H28N2O7S. The van der Waals surface area contributed by atoms with Crippen LogP contribution in [-0.4, -0.2) is 54.8 Å². The first-order chi connectivity index (χ1) is 15.8. The third-order valence-electron chi connectivity index (χ3n) is 6.74. The highest BCUT2D eigenvalue weighted by atomic mass is 32.1. The van der Waals surface area contributed by atoms with Gasteiger partial charge in [0.05, 0.1) is 24.5 Å². The Kier molecular flexibility index (Phi) is 6.83. The van der Waals surface area contributed by atoms with Gasteiger partial charge in [-0.1, -0.05) is 19.8 Å². The van der Waals surface area contributed by atoms with Crippen LogP contribution in [0.3, 0.4) is 0 Å². The lowest BCUT2D eigenvalue weighted by atomic mass is 9.81. The van der Waals surface area contributed by atoms with Gasteiger partial charge in [0.15, 0.2) is 6.61 Å². The molecule has 1 aliphatic heterocycles. The van der Waals surface area contributed by atoms with E-state index >= 15 is 0 Å². The molecule has 4 rings (SSSR count). The zero-order valence-corrected chi connectivity index (χ0v) is 19.6. The Hall–Kier alpha value is -2.75. The summed E-state index contributed by atoms with van der Waals surface area (Å²) in [6.07, 6.45) is 5.64. The molecule has 10 heteroatoms. The molecule has 3 aliphatic rings. The number of esters is 2. The zero-order chi connectivity index (χ0) is 23.7. The summed E-state index contributed by atoms with van der Waals surface area (Å²) in [4.78, 5) is 64.0. The predicted octanol–water partition coefficient (Wildman–Crippen LogP) is 2.32. The molecule has 2 aliphatic carbocycles. The van der Waals surface area contributed by atoms with Gasteiger partial charge in [0, 0.05) is 4.88 Å². The van der Waals surface area contributed by atoms with Crippen molar-refractivity contribution >= 4 is 46.0 Å². The minimum atomic E-state index is -0.821. The second kappa shape index (κ2) is 9.62. The SMILES string of the molecule is COC(=O)c1c(NC(=O)COC(=O)CN2C(=O)[C@H]3CCCC[C@@H]3C2=O)sc2c1CC[C@H](C)C2. The summed E-state index contributed by atoms with van der Waals surface area (Å²) < 4.78 is 9.93. The van der Waals surface area contributed by atoms with E-state index in [4.69, 9.17) is 9.47 Å². The molecule has 3 atom stereocenters. The van der Waals surface area contributed by atoms with E-state index in [-0.39, 0.29) is 23.7 Å². The standard InChI is InChI=1S/C23H28N2O7S/c1-12-7-8-15-16(9-12)33-20(19(15)23(30)31-2)24-17(26)11-32-18(27)10-25-21(28)13-5-3-4-6-14(13)22(25)29/h12-14H,3-11H2,1-2H3,(H,24,26)/t12-,13-,14-/m0/s1. The molecule has 1 saturated carbocycles. The van der Waals surface area contributed by atoms with Gasteiger partial charge in [-0.15, -0.1) is 11.3 Å². The lowest BCUT2D eigenvalue weighted by molar-refractivity contribution is -0.154. The molecule has 2 fully saturated rings. The summed E-state index contributed by atoms with van der Waals surface area (Å²) in [5, 5.41) is 3.04. The molecule has 33 heavy (non-hydrogen) atoms. The second-order valence-corrected chi connectivity index (χ2v) is 10.1. The molecule has 1 aromatic rings. The van der Waals surface area contributed by atoms with Gasteiger partial charge in [0.1, 0.15) is 11.5 Å². The maximum Gasteiger partial charge on any atom is 0.341 e. The van der Waals surface area contributed by atoms with Crippen molar-refractivity contribution in [2.75, 3.05) is 25.6 Å². The Bertz CT molecular complexity index is 977. The molecule has 0 aromatic carbocycles. The minimum Gasteiger partial charge on any atom is -0.465 e. The molecule has 0 unspecified atom stereocenters. The Morgan fingerprint density at radius 1 is 1.09 bits per heavy atom. The second-order valence-electron chi connectivity index (χ2n) is 9.02. The Morgan fingerprint density at radius 3 is 2.39 bits per heavy atom. The van der Waals surface area contributed by atoms with Gasteiger partial charge in [0.25, 0.3) is 5.91 Å². The van der Waals surface area contributed by atoms with Crippen molar-refractivity contribution < 1.29 is 33.4 Å². The number of hydrogen-bond acceptors (Lipinski definition) is 8. The number of nitrogens with one attached hydrogen (secondary N) is 1. The molecule has 0 spiro atoms. The van der Waals surface area contributed by atoms with Crippen LogP contribution >= 0.6 is 11.3 Å². The minimum absolute atomic E-state index is 0.327. The predicted molar refractivity (Wildman–Crippen MR) is 119 cm³/mol. The average molecular weight is 477 g/mol. The number of thiophene rings is 1. The molecular weight excluding hydrogens is 448 g/mol. The number of ether oxygens (including phenoxy) is 2.